The zero-order valence-corrected chi connectivity index (χ0v) is 7.82. The van der Waals surface area contributed by atoms with Crippen LogP contribution in [0.1, 0.15) is 39.0 Å². The standard InChI is InChI=1S/C9H16O4.K.Na.2H/c1-2-3-4-5-6-7(8(10)11)9(12)13;;;;/h7H,2-6H2,1H3,(H,10,11)(H,12,13);;;;. The van der Waals surface area contributed by atoms with Crippen molar-refractivity contribution < 1.29 is 19.8 Å². The first kappa shape index (κ1) is 21.8. The molecule has 0 aromatic carbocycles. The van der Waals surface area contributed by atoms with Gasteiger partial charge in [0.25, 0.3) is 0 Å². The Kier molecular flexibility index (Phi) is 19.8. The Bertz CT molecular complexity index is 173. The van der Waals surface area contributed by atoms with Gasteiger partial charge in [-0.2, -0.15) is 0 Å². The maximum atomic E-state index is 10.4. The van der Waals surface area contributed by atoms with Gasteiger partial charge in [0.1, 0.15) is 0 Å². The van der Waals surface area contributed by atoms with Gasteiger partial charge >= 0.3 is 92.9 Å². The van der Waals surface area contributed by atoms with Gasteiger partial charge in [-0.3, -0.25) is 9.59 Å². The second-order valence-electron chi connectivity index (χ2n) is 3.08. The summed E-state index contributed by atoms with van der Waals surface area (Å²) in [4.78, 5) is 20.8. The molecule has 0 heterocycles. The molecule has 0 saturated carbocycles. The molecule has 0 saturated heterocycles. The van der Waals surface area contributed by atoms with E-state index in [9.17, 15) is 9.59 Å². The Morgan fingerprint density at radius 3 is 1.87 bits per heavy atom. The van der Waals surface area contributed by atoms with E-state index in [4.69, 9.17) is 10.2 Å². The van der Waals surface area contributed by atoms with Crippen LogP contribution in [0.25, 0.3) is 0 Å². The van der Waals surface area contributed by atoms with Crippen molar-refractivity contribution in [2.24, 2.45) is 5.92 Å². The van der Waals surface area contributed by atoms with Crippen molar-refractivity contribution >= 4 is 92.9 Å². The third-order valence-corrected chi connectivity index (χ3v) is 1.94. The maximum absolute atomic E-state index is 10.4. The summed E-state index contributed by atoms with van der Waals surface area (Å²) in [6.07, 6.45) is 3.92. The topological polar surface area (TPSA) is 74.6 Å². The number of hydrogen-bond acceptors (Lipinski definition) is 2. The predicted molar refractivity (Wildman–Crippen MR) is 61.8 cm³/mol. The van der Waals surface area contributed by atoms with Crippen molar-refractivity contribution in [3.8, 4) is 0 Å². The number of rotatable bonds is 7. The van der Waals surface area contributed by atoms with E-state index in [0.29, 0.717) is 6.42 Å². The van der Waals surface area contributed by atoms with E-state index in [1.165, 1.54) is 0 Å². The van der Waals surface area contributed by atoms with Crippen molar-refractivity contribution in [2.45, 2.75) is 39.0 Å². The van der Waals surface area contributed by atoms with Crippen LogP contribution < -0.4 is 0 Å². The number of hydrogen-bond donors (Lipinski definition) is 2. The third-order valence-electron chi connectivity index (χ3n) is 1.94. The van der Waals surface area contributed by atoms with Crippen molar-refractivity contribution in [1.82, 2.24) is 0 Å². The monoisotopic (exact) mass is 252 g/mol. The number of carboxylic acid groups (broad SMARTS) is 2. The summed E-state index contributed by atoms with van der Waals surface area (Å²) in [5.41, 5.74) is 0. The fourth-order valence-electron chi connectivity index (χ4n) is 1.13. The molecule has 0 amide bonds. The quantitative estimate of drug-likeness (QED) is 0.392. The van der Waals surface area contributed by atoms with Gasteiger partial charge in [0, 0.05) is 0 Å². The zero-order chi connectivity index (χ0) is 10.3. The molecule has 0 aliphatic carbocycles. The summed E-state index contributed by atoms with van der Waals surface area (Å²) in [6, 6.07) is 0. The molecule has 0 rings (SSSR count). The Morgan fingerprint density at radius 2 is 1.53 bits per heavy atom. The van der Waals surface area contributed by atoms with Gasteiger partial charge in [-0.05, 0) is 6.42 Å². The molecule has 4 nitrogen and oxygen atoms in total. The van der Waals surface area contributed by atoms with Gasteiger partial charge in [-0.25, -0.2) is 0 Å². The van der Waals surface area contributed by atoms with Gasteiger partial charge in [0.2, 0.25) is 0 Å². The van der Waals surface area contributed by atoms with Crippen LogP contribution in [0.2, 0.25) is 0 Å². The molecular formula is C9H18KNaO4. The van der Waals surface area contributed by atoms with Crippen LogP contribution in [0.5, 0.6) is 0 Å². The molecule has 0 fully saturated rings. The van der Waals surface area contributed by atoms with Crippen LogP contribution >= 0.6 is 0 Å². The van der Waals surface area contributed by atoms with Gasteiger partial charge in [0.05, 0.1) is 0 Å². The van der Waals surface area contributed by atoms with E-state index in [1.807, 2.05) is 6.92 Å². The molecule has 15 heavy (non-hydrogen) atoms. The van der Waals surface area contributed by atoms with E-state index in [0.717, 1.165) is 19.3 Å². The van der Waals surface area contributed by atoms with E-state index in [1.54, 1.807) is 0 Å². The second kappa shape index (κ2) is 13.6. The fraction of sp³-hybridized carbons (Fsp3) is 0.778. The molecule has 2 N–H and O–H groups in total. The molecule has 0 unspecified atom stereocenters. The van der Waals surface area contributed by atoms with Crippen LogP contribution in [-0.2, 0) is 9.59 Å². The molecule has 0 aliphatic rings. The molecular weight excluding hydrogens is 234 g/mol. The second-order valence-corrected chi connectivity index (χ2v) is 3.08. The van der Waals surface area contributed by atoms with E-state index in [2.05, 4.69) is 0 Å². The van der Waals surface area contributed by atoms with Gasteiger partial charge in [-0.1, -0.05) is 32.6 Å². The Morgan fingerprint density at radius 1 is 1.07 bits per heavy atom. The number of carbonyl (C=O) groups is 2. The van der Waals surface area contributed by atoms with E-state index in [-0.39, 0.29) is 87.4 Å². The summed E-state index contributed by atoms with van der Waals surface area (Å²) < 4.78 is 0. The van der Waals surface area contributed by atoms with Gasteiger partial charge < -0.3 is 10.2 Å². The summed E-state index contributed by atoms with van der Waals surface area (Å²) in [5.74, 6) is -3.69. The first-order valence-corrected chi connectivity index (χ1v) is 4.55. The number of aliphatic carboxylic acids is 2. The summed E-state index contributed by atoms with van der Waals surface area (Å²) in [6.45, 7) is 2.05. The van der Waals surface area contributed by atoms with Crippen molar-refractivity contribution in [2.75, 3.05) is 0 Å². The van der Waals surface area contributed by atoms with Crippen LogP contribution in [0.3, 0.4) is 0 Å². The minimum atomic E-state index is -1.23. The molecule has 0 aliphatic heterocycles. The summed E-state index contributed by atoms with van der Waals surface area (Å²) in [7, 11) is 0. The average Bonchev–Trinajstić information content (AvgIpc) is 2.02. The Labute approximate surface area is 155 Å². The Balaban J connectivity index is -0.000000720. The summed E-state index contributed by atoms with van der Waals surface area (Å²) in [5, 5.41) is 17.0. The normalized spacial score (nSPS) is 8.93. The zero-order valence-electron chi connectivity index (χ0n) is 7.82. The first-order chi connectivity index (χ1) is 6.09. The Hall–Kier alpha value is 1.58. The molecule has 0 radical (unpaired) electrons. The predicted octanol–water partition coefficient (Wildman–Crippen LogP) is 0.445. The van der Waals surface area contributed by atoms with Gasteiger partial charge in [-0.15, -0.1) is 0 Å². The van der Waals surface area contributed by atoms with Crippen LogP contribution in [0, 0.1) is 5.92 Å². The summed E-state index contributed by atoms with van der Waals surface area (Å²) >= 11 is 0. The molecule has 0 aromatic rings. The molecule has 0 aromatic heterocycles. The van der Waals surface area contributed by atoms with Crippen molar-refractivity contribution in [3.05, 3.63) is 0 Å². The fourth-order valence-corrected chi connectivity index (χ4v) is 1.13. The van der Waals surface area contributed by atoms with E-state index >= 15 is 0 Å². The molecule has 0 spiro atoms. The number of carboxylic acids is 2. The molecule has 80 valence electrons. The van der Waals surface area contributed by atoms with Crippen molar-refractivity contribution in [1.29, 1.82) is 0 Å². The molecule has 6 heteroatoms. The minimum absolute atomic E-state index is 0. The van der Waals surface area contributed by atoms with E-state index < -0.39 is 17.9 Å². The first-order valence-electron chi connectivity index (χ1n) is 4.55. The average molecular weight is 252 g/mol. The van der Waals surface area contributed by atoms with Crippen LogP contribution in [0.15, 0.2) is 0 Å². The SMILES string of the molecule is CCCCCCC(C(=O)O)C(=O)O.[KH].[NaH]. The molecule has 0 bridgehead atoms. The van der Waals surface area contributed by atoms with Crippen molar-refractivity contribution in [3.63, 3.8) is 0 Å². The third kappa shape index (κ3) is 11.8. The molecule has 0 atom stereocenters. The number of unbranched alkanes of at least 4 members (excludes halogenated alkanes) is 3. The van der Waals surface area contributed by atoms with Crippen LogP contribution in [-0.4, -0.2) is 103 Å². The van der Waals surface area contributed by atoms with Gasteiger partial charge in [0.15, 0.2) is 5.92 Å². The van der Waals surface area contributed by atoms with Crippen LogP contribution in [0.4, 0.5) is 0 Å².